The Labute approximate surface area is 121 Å². The number of hydrogen-bond donors (Lipinski definition) is 0. The highest BCUT2D eigenvalue weighted by Crippen LogP contribution is 2.30. The van der Waals surface area contributed by atoms with Crippen molar-refractivity contribution in [3.05, 3.63) is 45.5 Å². The molecule has 0 spiro atoms. The van der Waals surface area contributed by atoms with E-state index in [2.05, 4.69) is 36.8 Å². The first kappa shape index (κ1) is 12.9. The highest BCUT2D eigenvalue weighted by Gasteiger charge is 2.05. The lowest BCUT2D eigenvalue weighted by Gasteiger charge is -2.07. The predicted octanol–water partition coefficient (Wildman–Crippen LogP) is 5.12. The lowest BCUT2D eigenvalue weighted by Crippen LogP contribution is -1.89. The molecule has 0 atom stereocenters. The standard InChI is InChI=1S/C12H9Br2NOS/c1-17-10-4-2-9(3-5-10)16-12-11(14)6-8(13)7-15-12/h2-7H,1H3. The number of rotatable bonds is 3. The van der Waals surface area contributed by atoms with Gasteiger partial charge in [-0.05, 0) is 68.4 Å². The molecule has 0 amide bonds. The Bertz CT molecular complexity index is 516. The molecule has 0 radical (unpaired) electrons. The fourth-order valence-corrected chi connectivity index (χ4v) is 2.71. The summed E-state index contributed by atoms with van der Waals surface area (Å²) in [7, 11) is 0. The number of thioether (sulfide) groups is 1. The maximum absolute atomic E-state index is 5.68. The van der Waals surface area contributed by atoms with E-state index in [0.717, 1.165) is 14.7 Å². The molecule has 5 heteroatoms. The molecule has 0 aliphatic carbocycles. The van der Waals surface area contributed by atoms with Crippen molar-refractivity contribution in [2.75, 3.05) is 6.26 Å². The van der Waals surface area contributed by atoms with Crippen molar-refractivity contribution < 1.29 is 4.74 Å². The maximum atomic E-state index is 5.68. The van der Waals surface area contributed by atoms with Crippen LogP contribution in [0.4, 0.5) is 0 Å². The molecular formula is C12H9Br2NOS. The van der Waals surface area contributed by atoms with E-state index in [1.165, 1.54) is 4.90 Å². The van der Waals surface area contributed by atoms with Crippen molar-refractivity contribution in [2.45, 2.75) is 4.90 Å². The van der Waals surface area contributed by atoms with Crippen LogP contribution in [0, 0.1) is 0 Å². The van der Waals surface area contributed by atoms with Crippen LogP contribution in [-0.2, 0) is 0 Å². The third-order valence-corrected chi connectivity index (χ3v) is 3.79. The molecule has 0 aliphatic rings. The van der Waals surface area contributed by atoms with E-state index in [-0.39, 0.29) is 0 Å². The Morgan fingerprint density at radius 2 is 1.88 bits per heavy atom. The van der Waals surface area contributed by atoms with Gasteiger partial charge in [-0.3, -0.25) is 0 Å². The summed E-state index contributed by atoms with van der Waals surface area (Å²) in [6.45, 7) is 0. The quantitative estimate of drug-likeness (QED) is 0.696. The minimum absolute atomic E-state index is 0.560. The highest BCUT2D eigenvalue weighted by atomic mass is 79.9. The van der Waals surface area contributed by atoms with Crippen molar-refractivity contribution in [1.82, 2.24) is 4.98 Å². The average molecular weight is 375 g/mol. The van der Waals surface area contributed by atoms with Gasteiger partial charge >= 0.3 is 0 Å². The summed E-state index contributed by atoms with van der Waals surface area (Å²) in [4.78, 5) is 5.40. The van der Waals surface area contributed by atoms with E-state index in [1.54, 1.807) is 18.0 Å². The summed E-state index contributed by atoms with van der Waals surface area (Å²) in [5.74, 6) is 1.34. The van der Waals surface area contributed by atoms with Gasteiger partial charge in [-0.2, -0.15) is 0 Å². The molecule has 0 saturated heterocycles. The number of benzene rings is 1. The fourth-order valence-electron chi connectivity index (χ4n) is 1.23. The zero-order chi connectivity index (χ0) is 12.3. The number of pyridine rings is 1. The number of nitrogens with zero attached hydrogens (tertiary/aromatic N) is 1. The summed E-state index contributed by atoms with van der Waals surface area (Å²) in [6.07, 6.45) is 3.75. The van der Waals surface area contributed by atoms with Crippen LogP contribution in [0.3, 0.4) is 0 Å². The smallest absolute Gasteiger partial charge is 0.233 e. The van der Waals surface area contributed by atoms with E-state index in [1.807, 2.05) is 36.6 Å². The van der Waals surface area contributed by atoms with Gasteiger partial charge < -0.3 is 4.74 Å². The molecule has 88 valence electrons. The minimum Gasteiger partial charge on any atom is -0.438 e. The molecule has 0 unspecified atom stereocenters. The summed E-state index contributed by atoms with van der Waals surface area (Å²) in [6, 6.07) is 9.81. The summed E-state index contributed by atoms with van der Waals surface area (Å²) in [5.41, 5.74) is 0. The van der Waals surface area contributed by atoms with Crippen molar-refractivity contribution in [2.24, 2.45) is 0 Å². The molecule has 2 aromatic rings. The molecule has 1 aromatic carbocycles. The summed E-state index contributed by atoms with van der Waals surface area (Å²) >= 11 is 8.46. The second-order valence-electron chi connectivity index (χ2n) is 3.22. The Morgan fingerprint density at radius 1 is 1.18 bits per heavy atom. The van der Waals surface area contributed by atoms with Gasteiger partial charge in [0, 0.05) is 15.6 Å². The van der Waals surface area contributed by atoms with Gasteiger partial charge in [-0.25, -0.2) is 4.98 Å². The van der Waals surface area contributed by atoms with Gasteiger partial charge in [-0.1, -0.05) is 0 Å². The summed E-state index contributed by atoms with van der Waals surface area (Å²) in [5, 5.41) is 0. The molecule has 1 aromatic heterocycles. The summed E-state index contributed by atoms with van der Waals surface area (Å²) < 4.78 is 7.41. The van der Waals surface area contributed by atoms with E-state index >= 15 is 0 Å². The lowest BCUT2D eigenvalue weighted by atomic mass is 10.3. The van der Waals surface area contributed by atoms with Crippen molar-refractivity contribution in [3.63, 3.8) is 0 Å². The lowest BCUT2D eigenvalue weighted by molar-refractivity contribution is 0.459. The third-order valence-electron chi connectivity index (χ3n) is 2.05. The molecular weight excluding hydrogens is 366 g/mol. The second kappa shape index (κ2) is 5.89. The predicted molar refractivity (Wildman–Crippen MR) is 77.9 cm³/mol. The monoisotopic (exact) mass is 373 g/mol. The molecule has 2 rings (SSSR count). The van der Waals surface area contributed by atoms with Crippen molar-refractivity contribution in [3.8, 4) is 11.6 Å². The van der Waals surface area contributed by atoms with Crippen LogP contribution >= 0.6 is 43.6 Å². The average Bonchev–Trinajstić information content (AvgIpc) is 2.34. The van der Waals surface area contributed by atoms with E-state index in [4.69, 9.17) is 4.74 Å². The zero-order valence-corrected chi connectivity index (χ0v) is 13.0. The Kier molecular flexibility index (Phi) is 4.48. The fraction of sp³-hybridized carbons (Fsp3) is 0.0833. The van der Waals surface area contributed by atoms with Crippen LogP contribution in [0.25, 0.3) is 0 Å². The van der Waals surface area contributed by atoms with Gasteiger partial charge in [-0.15, -0.1) is 11.8 Å². The molecule has 0 N–H and O–H groups in total. The second-order valence-corrected chi connectivity index (χ2v) is 5.87. The van der Waals surface area contributed by atoms with Crippen LogP contribution < -0.4 is 4.74 Å². The Hall–Kier alpha value is -0.520. The largest absolute Gasteiger partial charge is 0.438 e. The van der Waals surface area contributed by atoms with E-state index in [9.17, 15) is 0 Å². The van der Waals surface area contributed by atoms with E-state index < -0.39 is 0 Å². The number of ether oxygens (including phenoxy) is 1. The molecule has 0 saturated carbocycles. The van der Waals surface area contributed by atoms with Gasteiger partial charge in [0.1, 0.15) is 5.75 Å². The van der Waals surface area contributed by atoms with Gasteiger partial charge in [0.2, 0.25) is 5.88 Å². The topological polar surface area (TPSA) is 22.1 Å². The van der Waals surface area contributed by atoms with Crippen LogP contribution in [0.15, 0.2) is 50.4 Å². The molecule has 0 fully saturated rings. The van der Waals surface area contributed by atoms with E-state index in [0.29, 0.717) is 5.88 Å². The van der Waals surface area contributed by atoms with Crippen LogP contribution in [0.5, 0.6) is 11.6 Å². The normalized spacial score (nSPS) is 10.3. The first-order valence-corrected chi connectivity index (χ1v) is 7.63. The van der Waals surface area contributed by atoms with Crippen LogP contribution in [0.1, 0.15) is 0 Å². The van der Waals surface area contributed by atoms with Gasteiger partial charge in [0.05, 0.1) is 4.47 Å². The minimum atomic E-state index is 0.560. The molecule has 0 aliphatic heterocycles. The number of hydrogen-bond acceptors (Lipinski definition) is 3. The Morgan fingerprint density at radius 3 is 2.47 bits per heavy atom. The van der Waals surface area contributed by atoms with Crippen molar-refractivity contribution in [1.29, 1.82) is 0 Å². The third kappa shape index (κ3) is 3.47. The van der Waals surface area contributed by atoms with Gasteiger partial charge in [0.15, 0.2) is 0 Å². The first-order valence-electron chi connectivity index (χ1n) is 4.82. The maximum Gasteiger partial charge on any atom is 0.233 e. The van der Waals surface area contributed by atoms with Gasteiger partial charge in [0.25, 0.3) is 0 Å². The number of aromatic nitrogens is 1. The highest BCUT2D eigenvalue weighted by molar-refractivity contribution is 9.11. The molecule has 2 nitrogen and oxygen atoms in total. The zero-order valence-electron chi connectivity index (χ0n) is 8.98. The molecule has 17 heavy (non-hydrogen) atoms. The first-order chi connectivity index (χ1) is 8.19. The van der Waals surface area contributed by atoms with Crippen LogP contribution in [0.2, 0.25) is 0 Å². The SMILES string of the molecule is CSc1ccc(Oc2ncc(Br)cc2Br)cc1. The molecule has 0 bridgehead atoms. The van der Waals surface area contributed by atoms with Crippen molar-refractivity contribution >= 4 is 43.6 Å². The Balaban J connectivity index is 2.19. The molecule has 1 heterocycles. The number of halogens is 2. The van der Waals surface area contributed by atoms with Crippen LogP contribution in [-0.4, -0.2) is 11.2 Å².